The second-order valence-electron chi connectivity index (χ2n) is 9.14. The number of nitrogens with zero attached hydrogens (tertiary/aromatic N) is 4. The van der Waals surface area contributed by atoms with Crippen LogP contribution in [0.25, 0.3) is 0 Å². The van der Waals surface area contributed by atoms with Crippen LogP contribution in [0.5, 0.6) is 0 Å². The first-order valence-electron chi connectivity index (χ1n) is 11.9. The zero-order chi connectivity index (χ0) is 21.9. The van der Waals surface area contributed by atoms with Crippen LogP contribution >= 0.6 is 24.0 Å². The number of ether oxygens (including phenoxy) is 1. The number of hydrogen-bond donors (Lipinski definition) is 2. The van der Waals surface area contributed by atoms with Crippen LogP contribution in [0.3, 0.4) is 0 Å². The molecule has 8 heteroatoms. The first-order valence-corrected chi connectivity index (χ1v) is 11.9. The van der Waals surface area contributed by atoms with Gasteiger partial charge in [-0.05, 0) is 45.4 Å². The van der Waals surface area contributed by atoms with E-state index < -0.39 is 0 Å². The van der Waals surface area contributed by atoms with E-state index in [0.717, 1.165) is 78.0 Å². The number of anilines is 1. The van der Waals surface area contributed by atoms with Gasteiger partial charge < -0.3 is 20.3 Å². The van der Waals surface area contributed by atoms with E-state index in [-0.39, 0.29) is 29.5 Å². The summed E-state index contributed by atoms with van der Waals surface area (Å²) in [7, 11) is 1.85. The lowest BCUT2D eigenvalue weighted by atomic mass is 10.0. The molecule has 0 amide bonds. The number of guanidine groups is 1. The summed E-state index contributed by atoms with van der Waals surface area (Å²) in [5.41, 5.74) is 1.44. The molecule has 2 fully saturated rings. The topological polar surface area (TPSA) is 55.4 Å². The van der Waals surface area contributed by atoms with Crippen molar-refractivity contribution in [2.75, 3.05) is 84.1 Å². The Morgan fingerprint density at radius 2 is 1.66 bits per heavy atom. The molecule has 3 rings (SSSR count). The molecule has 1 aromatic rings. The quantitative estimate of drug-likeness (QED) is 0.210. The third kappa shape index (κ3) is 8.68. The van der Waals surface area contributed by atoms with Crippen molar-refractivity contribution in [3.8, 4) is 0 Å². The van der Waals surface area contributed by atoms with Gasteiger partial charge in [-0.25, -0.2) is 0 Å². The van der Waals surface area contributed by atoms with Crippen molar-refractivity contribution in [2.24, 2.45) is 4.99 Å². The molecule has 2 aliphatic heterocycles. The lowest BCUT2D eigenvalue weighted by molar-refractivity contribution is -0.00833. The Bertz CT molecular complexity index is 658. The molecule has 0 bridgehead atoms. The number of halogens is 1. The van der Waals surface area contributed by atoms with Crippen LogP contribution in [0.4, 0.5) is 5.69 Å². The second kappa shape index (κ2) is 14.2. The zero-order valence-electron chi connectivity index (χ0n) is 20.2. The summed E-state index contributed by atoms with van der Waals surface area (Å²) in [5.74, 6) is 0.901. The molecule has 0 radical (unpaired) electrons. The molecule has 32 heavy (non-hydrogen) atoms. The van der Waals surface area contributed by atoms with E-state index in [1.165, 1.54) is 18.7 Å². The largest absolute Gasteiger partial charge is 0.379 e. The van der Waals surface area contributed by atoms with Gasteiger partial charge in [0.05, 0.1) is 13.2 Å². The van der Waals surface area contributed by atoms with Crippen LogP contribution < -0.4 is 15.5 Å². The lowest BCUT2D eigenvalue weighted by Crippen LogP contribution is -2.56. The molecule has 2 N–H and O–H groups in total. The van der Waals surface area contributed by atoms with E-state index in [4.69, 9.17) is 4.74 Å². The molecule has 0 aliphatic carbocycles. The average molecular weight is 559 g/mol. The molecular weight excluding hydrogens is 515 g/mol. The van der Waals surface area contributed by atoms with Crippen molar-refractivity contribution < 1.29 is 4.74 Å². The molecule has 0 spiro atoms. The Labute approximate surface area is 212 Å². The molecule has 0 saturated carbocycles. The summed E-state index contributed by atoms with van der Waals surface area (Å²) in [5, 5.41) is 6.99. The zero-order valence-corrected chi connectivity index (χ0v) is 22.5. The highest BCUT2D eigenvalue weighted by molar-refractivity contribution is 14.0. The second-order valence-corrected chi connectivity index (χ2v) is 9.14. The summed E-state index contributed by atoms with van der Waals surface area (Å²) in [6.45, 7) is 15.8. The first-order chi connectivity index (χ1) is 15.1. The van der Waals surface area contributed by atoms with Gasteiger partial charge in [-0.3, -0.25) is 14.8 Å². The van der Waals surface area contributed by atoms with E-state index in [2.05, 4.69) is 74.5 Å². The monoisotopic (exact) mass is 558 g/mol. The minimum absolute atomic E-state index is 0. The van der Waals surface area contributed by atoms with Gasteiger partial charge in [-0.2, -0.15) is 0 Å². The smallest absolute Gasteiger partial charge is 0.191 e. The van der Waals surface area contributed by atoms with Crippen LogP contribution in [-0.2, 0) is 4.74 Å². The van der Waals surface area contributed by atoms with E-state index >= 15 is 0 Å². The van der Waals surface area contributed by atoms with E-state index in [9.17, 15) is 0 Å². The molecule has 182 valence electrons. The summed E-state index contributed by atoms with van der Waals surface area (Å²) < 4.78 is 5.48. The van der Waals surface area contributed by atoms with Gasteiger partial charge in [0.25, 0.3) is 0 Å². The predicted molar refractivity (Wildman–Crippen MR) is 146 cm³/mol. The molecule has 0 unspecified atom stereocenters. The molecule has 2 saturated heterocycles. The number of benzene rings is 1. The maximum atomic E-state index is 5.48. The third-order valence-corrected chi connectivity index (χ3v) is 6.47. The van der Waals surface area contributed by atoms with Gasteiger partial charge in [0.2, 0.25) is 0 Å². The highest BCUT2D eigenvalue weighted by atomic mass is 127. The van der Waals surface area contributed by atoms with E-state index in [1.807, 2.05) is 7.05 Å². The standard InChI is InChI=1S/C24H42N6O.HI/c1-24(2,30-17-19-31-20-18-30)21-27-23(25-3)26-11-7-8-12-28-13-15-29(16-14-28)22-9-5-4-6-10-22;/h4-6,9-10H,7-8,11-21H2,1-3H3,(H2,25,26,27);1H. The average Bonchev–Trinajstić information content (AvgIpc) is 2.82. The number of rotatable bonds is 9. The van der Waals surface area contributed by atoms with Crippen molar-refractivity contribution in [1.82, 2.24) is 20.4 Å². The van der Waals surface area contributed by atoms with Crippen molar-refractivity contribution in [3.05, 3.63) is 30.3 Å². The molecule has 1 aromatic carbocycles. The van der Waals surface area contributed by atoms with Gasteiger partial charge in [-0.15, -0.1) is 24.0 Å². The highest BCUT2D eigenvalue weighted by Crippen LogP contribution is 2.16. The van der Waals surface area contributed by atoms with Crippen LogP contribution in [0.15, 0.2) is 35.3 Å². The molecular formula is C24H43IN6O. The Hall–Kier alpha value is -1.10. The van der Waals surface area contributed by atoms with Gasteiger partial charge in [0.1, 0.15) is 0 Å². The third-order valence-electron chi connectivity index (χ3n) is 6.47. The normalized spacial score (nSPS) is 18.8. The Balaban J connectivity index is 0.00000363. The number of hydrogen-bond acceptors (Lipinski definition) is 5. The molecule has 7 nitrogen and oxygen atoms in total. The van der Waals surface area contributed by atoms with Crippen molar-refractivity contribution in [1.29, 1.82) is 0 Å². The first kappa shape index (κ1) is 27.1. The maximum Gasteiger partial charge on any atom is 0.191 e. The number of unbranched alkanes of at least 4 members (excludes halogenated alkanes) is 1. The Morgan fingerprint density at radius 3 is 2.31 bits per heavy atom. The number of aliphatic imine (C=N–C) groups is 1. The van der Waals surface area contributed by atoms with Crippen molar-refractivity contribution in [2.45, 2.75) is 32.2 Å². The summed E-state index contributed by atoms with van der Waals surface area (Å²) in [6, 6.07) is 10.8. The lowest BCUT2D eigenvalue weighted by Gasteiger charge is -2.41. The Morgan fingerprint density at radius 1 is 0.969 bits per heavy atom. The van der Waals surface area contributed by atoms with Crippen molar-refractivity contribution >= 4 is 35.6 Å². The van der Waals surface area contributed by atoms with Crippen LogP contribution in [0, 0.1) is 0 Å². The number of piperazine rings is 1. The van der Waals surface area contributed by atoms with Crippen LogP contribution in [-0.4, -0.2) is 100 Å². The maximum absolute atomic E-state index is 5.48. The van der Waals surface area contributed by atoms with Gasteiger partial charge in [-0.1, -0.05) is 18.2 Å². The molecule has 2 aliphatic rings. The van der Waals surface area contributed by atoms with Crippen LogP contribution in [0.1, 0.15) is 26.7 Å². The summed E-state index contributed by atoms with van der Waals surface area (Å²) >= 11 is 0. The fraction of sp³-hybridized carbons (Fsp3) is 0.708. The fourth-order valence-corrected chi connectivity index (χ4v) is 4.34. The van der Waals surface area contributed by atoms with E-state index in [0.29, 0.717) is 0 Å². The molecule has 0 atom stereocenters. The van der Waals surface area contributed by atoms with E-state index in [1.54, 1.807) is 0 Å². The Kier molecular flexibility index (Phi) is 12.1. The highest BCUT2D eigenvalue weighted by Gasteiger charge is 2.28. The number of nitrogens with one attached hydrogen (secondary N) is 2. The SMILES string of the molecule is CN=C(NCCCCN1CCN(c2ccccc2)CC1)NCC(C)(C)N1CCOCC1.I. The fourth-order valence-electron chi connectivity index (χ4n) is 4.34. The van der Waals surface area contributed by atoms with Gasteiger partial charge >= 0.3 is 0 Å². The number of morpholine rings is 1. The summed E-state index contributed by atoms with van der Waals surface area (Å²) in [4.78, 5) is 12.0. The number of para-hydroxylation sites is 1. The summed E-state index contributed by atoms with van der Waals surface area (Å²) in [6.07, 6.45) is 2.38. The predicted octanol–water partition coefficient (Wildman–Crippen LogP) is 2.48. The minimum Gasteiger partial charge on any atom is -0.379 e. The van der Waals surface area contributed by atoms with Gasteiger partial charge in [0.15, 0.2) is 5.96 Å². The molecule has 2 heterocycles. The van der Waals surface area contributed by atoms with Gasteiger partial charge in [0, 0.05) is 70.6 Å². The minimum atomic E-state index is 0. The molecule has 0 aromatic heterocycles. The van der Waals surface area contributed by atoms with Crippen molar-refractivity contribution in [3.63, 3.8) is 0 Å². The van der Waals surface area contributed by atoms with Crippen LogP contribution in [0.2, 0.25) is 0 Å².